The highest BCUT2D eigenvalue weighted by Gasteiger charge is 2.16. The molecule has 0 saturated heterocycles. The van der Waals surface area contributed by atoms with Crippen LogP contribution in [0.3, 0.4) is 0 Å². The van der Waals surface area contributed by atoms with E-state index in [4.69, 9.17) is 5.73 Å². The van der Waals surface area contributed by atoms with Gasteiger partial charge in [0.05, 0.1) is 4.88 Å². The number of thiophene rings is 1. The molecule has 0 aliphatic carbocycles. The van der Waals surface area contributed by atoms with Gasteiger partial charge in [-0.1, -0.05) is 12.1 Å². The van der Waals surface area contributed by atoms with E-state index in [9.17, 15) is 4.79 Å². The van der Waals surface area contributed by atoms with E-state index < -0.39 is 0 Å². The predicted octanol–water partition coefficient (Wildman–Crippen LogP) is 3.94. The van der Waals surface area contributed by atoms with Crippen LogP contribution in [0.5, 0.6) is 0 Å². The van der Waals surface area contributed by atoms with Gasteiger partial charge in [-0.15, -0.1) is 11.3 Å². The van der Waals surface area contributed by atoms with Crippen LogP contribution in [0, 0.1) is 13.8 Å². The molecule has 0 spiro atoms. The Morgan fingerprint density at radius 2 is 2.06 bits per heavy atom. The first-order valence-corrected chi connectivity index (χ1v) is 6.77. The van der Waals surface area contributed by atoms with Gasteiger partial charge in [0.1, 0.15) is 0 Å². The maximum atomic E-state index is 12.3. The van der Waals surface area contributed by atoms with Crippen molar-refractivity contribution in [2.45, 2.75) is 13.8 Å². The average Bonchev–Trinajstić information content (AvgIpc) is 2.62. The van der Waals surface area contributed by atoms with Crippen LogP contribution < -0.4 is 5.73 Å². The molecule has 0 radical (unpaired) electrons. The number of halogens is 1. The number of nitrogens with two attached hydrogens (primary N) is 1. The molecule has 0 aliphatic rings. The Balaban J connectivity index is 2.47. The van der Waals surface area contributed by atoms with Crippen LogP contribution in [-0.2, 0) is 0 Å². The highest BCUT2D eigenvalue weighted by Crippen LogP contribution is 2.29. The second-order valence-corrected chi connectivity index (χ2v) is 5.97. The van der Waals surface area contributed by atoms with Gasteiger partial charge < -0.3 is 5.73 Å². The molecule has 0 unspecified atom stereocenters. The Kier molecular flexibility index (Phi) is 3.35. The summed E-state index contributed by atoms with van der Waals surface area (Å²) in [5, 5.41) is 0. The molecule has 2 nitrogen and oxygen atoms in total. The lowest BCUT2D eigenvalue weighted by Crippen LogP contribution is -2.03. The van der Waals surface area contributed by atoms with Gasteiger partial charge in [0.2, 0.25) is 5.78 Å². The van der Waals surface area contributed by atoms with Crippen molar-refractivity contribution in [1.29, 1.82) is 0 Å². The number of carbonyl (C=O) groups excluding carboxylic acids is 1. The Morgan fingerprint density at radius 3 is 2.65 bits per heavy atom. The van der Waals surface area contributed by atoms with Crippen molar-refractivity contribution in [3.63, 3.8) is 0 Å². The third kappa shape index (κ3) is 2.28. The number of ketones is 1. The first-order valence-electron chi connectivity index (χ1n) is 5.16. The summed E-state index contributed by atoms with van der Waals surface area (Å²) in [6, 6.07) is 7.30. The van der Waals surface area contributed by atoms with Crippen molar-refractivity contribution in [3.8, 4) is 0 Å². The maximum absolute atomic E-state index is 12.3. The van der Waals surface area contributed by atoms with E-state index >= 15 is 0 Å². The van der Waals surface area contributed by atoms with E-state index in [0.717, 1.165) is 19.8 Å². The second-order valence-electron chi connectivity index (χ2n) is 3.86. The van der Waals surface area contributed by atoms with Gasteiger partial charge in [0, 0.05) is 20.6 Å². The van der Waals surface area contributed by atoms with E-state index in [1.165, 1.54) is 11.3 Å². The Bertz CT molecular complexity index is 570. The van der Waals surface area contributed by atoms with Gasteiger partial charge in [-0.2, -0.15) is 0 Å². The standard InChI is InChI=1S/C13H12BrNOS/c1-7-9(4-3-5-11(7)15)13(16)12-6-10(14)8(2)17-12/h3-6H,15H2,1-2H3. The highest BCUT2D eigenvalue weighted by molar-refractivity contribution is 9.10. The van der Waals surface area contributed by atoms with E-state index in [1.807, 2.05) is 38.1 Å². The molecule has 0 aliphatic heterocycles. The lowest BCUT2D eigenvalue weighted by Gasteiger charge is -2.05. The molecule has 88 valence electrons. The minimum absolute atomic E-state index is 0.0357. The van der Waals surface area contributed by atoms with Crippen molar-refractivity contribution >= 4 is 38.7 Å². The van der Waals surface area contributed by atoms with Crippen LogP contribution in [0.4, 0.5) is 5.69 Å². The largest absolute Gasteiger partial charge is 0.398 e. The normalized spacial score (nSPS) is 10.5. The summed E-state index contributed by atoms with van der Waals surface area (Å²) in [4.78, 5) is 14.2. The van der Waals surface area contributed by atoms with Gasteiger partial charge in [0.25, 0.3) is 0 Å². The zero-order chi connectivity index (χ0) is 12.6. The molecule has 2 aromatic rings. The number of benzene rings is 1. The molecule has 1 aromatic carbocycles. The minimum Gasteiger partial charge on any atom is -0.398 e. The molecule has 2 rings (SSSR count). The lowest BCUT2D eigenvalue weighted by molar-refractivity contribution is 0.104. The summed E-state index contributed by atoms with van der Waals surface area (Å²) in [6.07, 6.45) is 0. The molecule has 0 fully saturated rings. The highest BCUT2D eigenvalue weighted by atomic mass is 79.9. The molecule has 1 aromatic heterocycles. The van der Waals surface area contributed by atoms with Crippen LogP contribution in [0.25, 0.3) is 0 Å². The Hall–Kier alpha value is -1.13. The zero-order valence-electron chi connectivity index (χ0n) is 9.58. The molecule has 1 heterocycles. The SMILES string of the molecule is Cc1sc(C(=O)c2cccc(N)c2C)cc1Br. The van der Waals surface area contributed by atoms with Gasteiger partial charge in [-0.05, 0) is 47.5 Å². The van der Waals surface area contributed by atoms with Crippen molar-refractivity contribution < 1.29 is 4.79 Å². The Morgan fingerprint density at radius 1 is 1.35 bits per heavy atom. The third-order valence-corrected chi connectivity index (χ3v) is 4.84. The molecule has 0 saturated carbocycles. The average molecular weight is 310 g/mol. The molecule has 4 heteroatoms. The summed E-state index contributed by atoms with van der Waals surface area (Å²) in [6.45, 7) is 3.86. The quantitative estimate of drug-likeness (QED) is 0.674. The van der Waals surface area contributed by atoms with Crippen molar-refractivity contribution in [2.24, 2.45) is 0 Å². The van der Waals surface area contributed by atoms with Crippen molar-refractivity contribution in [3.05, 3.63) is 49.6 Å². The third-order valence-electron chi connectivity index (χ3n) is 2.70. The zero-order valence-corrected chi connectivity index (χ0v) is 12.0. The smallest absolute Gasteiger partial charge is 0.203 e. The monoisotopic (exact) mass is 309 g/mol. The number of hydrogen-bond acceptors (Lipinski definition) is 3. The summed E-state index contributed by atoms with van der Waals surface area (Å²) in [5.74, 6) is 0.0357. The van der Waals surface area contributed by atoms with E-state index in [-0.39, 0.29) is 5.78 Å². The van der Waals surface area contributed by atoms with E-state index in [1.54, 1.807) is 0 Å². The summed E-state index contributed by atoms with van der Waals surface area (Å²) in [7, 11) is 0. The molecule has 2 N–H and O–H groups in total. The summed E-state index contributed by atoms with van der Waals surface area (Å²) >= 11 is 4.92. The van der Waals surface area contributed by atoms with Gasteiger partial charge in [-0.25, -0.2) is 0 Å². The Labute approximate surface area is 113 Å². The molecular formula is C13H12BrNOS. The fraction of sp³-hybridized carbons (Fsp3) is 0.154. The van der Waals surface area contributed by atoms with Crippen molar-refractivity contribution in [2.75, 3.05) is 5.73 Å². The molecule has 0 atom stereocenters. The molecular weight excluding hydrogens is 298 g/mol. The fourth-order valence-electron chi connectivity index (χ4n) is 1.60. The fourth-order valence-corrected chi connectivity index (χ4v) is 3.09. The molecule has 0 bridgehead atoms. The van der Waals surface area contributed by atoms with Gasteiger partial charge in [-0.3, -0.25) is 4.79 Å². The van der Waals surface area contributed by atoms with Gasteiger partial charge >= 0.3 is 0 Å². The first-order chi connectivity index (χ1) is 8.00. The van der Waals surface area contributed by atoms with Crippen molar-refractivity contribution in [1.82, 2.24) is 0 Å². The van der Waals surface area contributed by atoms with Gasteiger partial charge in [0.15, 0.2) is 0 Å². The van der Waals surface area contributed by atoms with Crippen LogP contribution in [0.2, 0.25) is 0 Å². The number of carbonyl (C=O) groups is 1. The second kappa shape index (κ2) is 4.63. The van der Waals surface area contributed by atoms with Crippen LogP contribution in [0.15, 0.2) is 28.7 Å². The van der Waals surface area contributed by atoms with Crippen LogP contribution in [0.1, 0.15) is 25.7 Å². The number of rotatable bonds is 2. The maximum Gasteiger partial charge on any atom is 0.203 e. The number of hydrogen-bond donors (Lipinski definition) is 1. The predicted molar refractivity (Wildman–Crippen MR) is 75.8 cm³/mol. The summed E-state index contributed by atoms with van der Waals surface area (Å²) < 4.78 is 0.979. The van der Waals surface area contributed by atoms with Crippen LogP contribution >= 0.6 is 27.3 Å². The lowest BCUT2D eigenvalue weighted by atomic mass is 10.0. The van der Waals surface area contributed by atoms with Crippen LogP contribution in [-0.4, -0.2) is 5.78 Å². The minimum atomic E-state index is 0.0357. The summed E-state index contributed by atoms with van der Waals surface area (Å²) in [5.41, 5.74) is 8.00. The molecule has 0 amide bonds. The molecule has 17 heavy (non-hydrogen) atoms. The number of nitrogen functional groups attached to an aromatic ring is 1. The topological polar surface area (TPSA) is 43.1 Å². The number of anilines is 1. The van der Waals surface area contributed by atoms with E-state index in [0.29, 0.717) is 11.3 Å². The van der Waals surface area contributed by atoms with E-state index in [2.05, 4.69) is 15.9 Å². The first kappa shape index (κ1) is 12.3. The number of aryl methyl sites for hydroxylation is 1.